The van der Waals surface area contributed by atoms with E-state index in [0.29, 0.717) is 29.7 Å². The lowest BCUT2D eigenvalue weighted by Crippen LogP contribution is -2.02. The van der Waals surface area contributed by atoms with Crippen LogP contribution in [-0.2, 0) is 4.79 Å². The summed E-state index contributed by atoms with van der Waals surface area (Å²) in [6.07, 6.45) is 0.798. The minimum atomic E-state index is -0.0220. The van der Waals surface area contributed by atoms with Crippen LogP contribution in [0, 0.1) is 6.92 Å². The van der Waals surface area contributed by atoms with Crippen LogP contribution in [0.5, 0.6) is 5.75 Å². The molecule has 1 aromatic rings. The van der Waals surface area contributed by atoms with Crippen molar-refractivity contribution in [1.29, 1.82) is 0 Å². The summed E-state index contributed by atoms with van der Waals surface area (Å²) in [5.74, 6) is 0.749. The maximum Gasteiger partial charge on any atom is 0.167 e. The van der Waals surface area contributed by atoms with Crippen LogP contribution in [0.15, 0.2) is 22.4 Å². The first-order valence-corrected chi connectivity index (χ1v) is 6.13. The summed E-state index contributed by atoms with van der Waals surface area (Å²) in [7, 11) is 1.56. The number of benzene rings is 1. The summed E-state index contributed by atoms with van der Waals surface area (Å²) in [6, 6.07) is 3.71. The van der Waals surface area contributed by atoms with Gasteiger partial charge in [-0.1, -0.05) is 15.9 Å². The van der Waals surface area contributed by atoms with Gasteiger partial charge in [0.05, 0.1) is 12.7 Å². The van der Waals surface area contributed by atoms with Gasteiger partial charge in [-0.05, 0) is 24.6 Å². The van der Waals surface area contributed by atoms with Crippen LogP contribution in [0.25, 0.3) is 5.57 Å². The zero-order valence-corrected chi connectivity index (χ0v) is 11.3. The van der Waals surface area contributed by atoms with Crippen LogP contribution in [0.4, 0.5) is 0 Å². The van der Waals surface area contributed by atoms with Crippen LogP contribution in [-0.4, -0.2) is 18.0 Å². The van der Waals surface area contributed by atoms with E-state index < -0.39 is 0 Å². The molecular weight excluding hydrogens is 284 g/mol. The third-order valence-electron chi connectivity index (χ3n) is 2.89. The highest BCUT2D eigenvalue weighted by atomic mass is 79.9. The monoisotopic (exact) mass is 296 g/mol. The Kier molecular flexibility index (Phi) is 3.24. The average Bonchev–Trinajstić information content (AvgIpc) is 2.59. The lowest BCUT2D eigenvalue weighted by atomic mass is 9.98. The number of allylic oxidation sites excluding steroid dienone is 2. The predicted molar refractivity (Wildman–Crippen MR) is 69.2 cm³/mol. The lowest BCUT2D eigenvalue weighted by molar-refractivity contribution is -0.113. The molecule has 0 spiro atoms. The molecule has 0 amide bonds. The highest BCUT2D eigenvalue weighted by Crippen LogP contribution is 2.38. The highest BCUT2D eigenvalue weighted by Gasteiger charge is 2.27. The minimum absolute atomic E-state index is 0.0220. The molecule has 1 N–H and O–H groups in total. The third kappa shape index (κ3) is 2.09. The van der Waals surface area contributed by atoms with E-state index in [1.165, 1.54) is 0 Å². The van der Waals surface area contributed by atoms with Gasteiger partial charge in [0, 0.05) is 22.9 Å². The van der Waals surface area contributed by atoms with Gasteiger partial charge >= 0.3 is 0 Å². The Bertz CT molecular complexity index is 518. The molecule has 90 valence electrons. The molecule has 0 radical (unpaired) electrons. The number of aliphatic hydroxyl groups excluding tert-OH is 1. The van der Waals surface area contributed by atoms with Gasteiger partial charge in [0.1, 0.15) is 11.5 Å². The van der Waals surface area contributed by atoms with Crippen molar-refractivity contribution >= 4 is 27.3 Å². The van der Waals surface area contributed by atoms with Crippen molar-refractivity contribution < 1.29 is 14.6 Å². The predicted octanol–water partition coefficient (Wildman–Crippen LogP) is 3.40. The number of methoxy groups -OCH3 is 1. The number of aliphatic hydroxyl groups is 1. The van der Waals surface area contributed by atoms with Gasteiger partial charge in [0.25, 0.3) is 0 Å². The number of hydrogen-bond acceptors (Lipinski definition) is 3. The van der Waals surface area contributed by atoms with Crippen LogP contribution >= 0.6 is 15.9 Å². The first-order chi connectivity index (χ1) is 8.04. The number of carbonyl (C=O) groups is 1. The fourth-order valence-corrected chi connectivity index (χ4v) is 2.67. The zero-order valence-electron chi connectivity index (χ0n) is 9.71. The van der Waals surface area contributed by atoms with E-state index in [1.807, 2.05) is 13.0 Å². The number of ketones is 1. The molecule has 0 aliphatic heterocycles. The van der Waals surface area contributed by atoms with Gasteiger partial charge in [0.15, 0.2) is 5.78 Å². The topological polar surface area (TPSA) is 46.5 Å². The molecule has 17 heavy (non-hydrogen) atoms. The molecule has 0 saturated carbocycles. The van der Waals surface area contributed by atoms with Gasteiger partial charge in [-0.3, -0.25) is 4.79 Å². The smallest absolute Gasteiger partial charge is 0.167 e. The van der Waals surface area contributed by atoms with E-state index in [9.17, 15) is 9.90 Å². The van der Waals surface area contributed by atoms with Gasteiger partial charge in [0.2, 0.25) is 0 Å². The molecule has 1 aromatic carbocycles. The van der Waals surface area contributed by atoms with Crippen LogP contribution < -0.4 is 4.74 Å². The van der Waals surface area contributed by atoms with Gasteiger partial charge < -0.3 is 9.84 Å². The summed E-state index contributed by atoms with van der Waals surface area (Å²) in [5.41, 5.74) is 2.02. The Morgan fingerprint density at radius 2 is 2.06 bits per heavy atom. The molecule has 1 aliphatic carbocycles. The summed E-state index contributed by atoms with van der Waals surface area (Å²) in [4.78, 5) is 11.8. The van der Waals surface area contributed by atoms with Gasteiger partial charge in [-0.15, -0.1) is 0 Å². The second kappa shape index (κ2) is 4.53. The maximum absolute atomic E-state index is 11.8. The molecule has 0 aromatic heterocycles. The molecule has 0 bridgehead atoms. The Morgan fingerprint density at radius 3 is 2.59 bits per heavy atom. The molecule has 1 aliphatic rings. The molecule has 0 fully saturated rings. The van der Waals surface area contributed by atoms with Crippen molar-refractivity contribution in [2.24, 2.45) is 0 Å². The van der Waals surface area contributed by atoms with E-state index in [2.05, 4.69) is 15.9 Å². The number of Topliss-reactive ketones (excluding diaryl/α,β-unsaturated/α-hetero) is 1. The zero-order chi connectivity index (χ0) is 12.6. The molecule has 4 heteroatoms. The number of rotatable bonds is 2. The molecule has 2 rings (SSSR count). The fourth-order valence-electron chi connectivity index (χ4n) is 2.12. The Morgan fingerprint density at radius 1 is 1.35 bits per heavy atom. The standard InChI is InChI=1S/C13H13BrO3/c1-7-5-8(14)6-11(17-2)12(7)13-9(15)3-4-10(13)16/h5-6,15H,3-4H2,1-2H3. The van der Waals surface area contributed by atoms with Crippen molar-refractivity contribution in [3.05, 3.63) is 33.5 Å². The summed E-state index contributed by atoms with van der Waals surface area (Å²) in [5, 5.41) is 9.82. The molecule has 0 saturated heterocycles. The number of ether oxygens (including phenoxy) is 1. The number of carbonyl (C=O) groups excluding carboxylic acids is 1. The normalized spacial score (nSPS) is 15.6. The fraction of sp³-hybridized carbons (Fsp3) is 0.308. The minimum Gasteiger partial charge on any atom is -0.512 e. The third-order valence-corrected chi connectivity index (χ3v) is 3.35. The number of halogens is 1. The van der Waals surface area contributed by atoms with E-state index >= 15 is 0 Å². The highest BCUT2D eigenvalue weighted by molar-refractivity contribution is 9.10. The summed E-state index contributed by atoms with van der Waals surface area (Å²) in [6.45, 7) is 1.90. The number of hydrogen-bond donors (Lipinski definition) is 1. The molecule has 3 nitrogen and oxygen atoms in total. The van der Waals surface area contributed by atoms with Crippen LogP contribution in [0.3, 0.4) is 0 Å². The Balaban J connectivity index is 2.67. The largest absolute Gasteiger partial charge is 0.512 e. The van der Waals surface area contributed by atoms with Gasteiger partial charge in [-0.25, -0.2) is 0 Å². The maximum atomic E-state index is 11.8. The van der Waals surface area contributed by atoms with E-state index in [0.717, 1.165) is 10.0 Å². The van der Waals surface area contributed by atoms with Crippen molar-refractivity contribution in [2.45, 2.75) is 19.8 Å². The first kappa shape index (κ1) is 12.2. The average molecular weight is 297 g/mol. The van der Waals surface area contributed by atoms with Crippen molar-refractivity contribution in [3.63, 3.8) is 0 Å². The second-order valence-corrected chi connectivity index (χ2v) is 4.96. The van der Waals surface area contributed by atoms with E-state index in [-0.39, 0.29) is 11.5 Å². The van der Waals surface area contributed by atoms with E-state index in [1.54, 1.807) is 13.2 Å². The molecule has 0 atom stereocenters. The van der Waals surface area contributed by atoms with Crippen LogP contribution in [0.2, 0.25) is 0 Å². The van der Waals surface area contributed by atoms with Crippen molar-refractivity contribution in [2.75, 3.05) is 7.11 Å². The SMILES string of the molecule is COc1cc(Br)cc(C)c1C1=C(O)CCC1=O. The lowest BCUT2D eigenvalue weighted by Gasteiger charge is -2.13. The molecule has 0 heterocycles. The molecular formula is C13H13BrO3. The quantitative estimate of drug-likeness (QED) is 0.910. The van der Waals surface area contributed by atoms with Crippen molar-refractivity contribution in [3.8, 4) is 5.75 Å². The van der Waals surface area contributed by atoms with Gasteiger partial charge in [-0.2, -0.15) is 0 Å². The summed E-state index contributed by atoms with van der Waals surface area (Å²) < 4.78 is 6.18. The van der Waals surface area contributed by atoms with E-state index in [4.69, 9.17) is 4.74 Å². The Labute approximate surface area is 108 Å². The molecule has 0 unspecified atom stereocenters. The summed E-state index contributed by atoms with van der Waals surface area (Å²) >= 11 is 3.38. The van der Waals surface area contributed by atoms with Crippen LogP contribution in [0.1, 0.15) is 24.0 Å². The second-order valence-electron chi connectivity index (χ2n) is 4.04. The first-order valence-electron chi connectivity index (χ1n) is 5.34. The van der Waals surface area contributed by atoms with Crippen molar-refractivity contribution in [1.82, 2.24) is 0 Å². The Hall–Kier alpha value is -1.29. The number of aryl methyl sites for hydroxylation is 1.